The molecule has 1 amide bonds. The van der Waals surface area contributed by atoms with E-state index in [-0.39, 0.29) is 5.91 Å². The van der Waals surface area contributed by atoms with Crippen LogP contribution in [0, 0.1) is 13.8 Å². The Morgan fingerprint density at radius 1 is 1.14 bits per heavy atom. The van der Waals surface area contributed by atoms with Crippen molar-refractivity contribution >= 4 is 23.2 Å². The Kier molecular flexibility index (Phi) is 5.34. The van der Waals surface area contributed by atoms with Gasteiger partial charge in [-0.05, 0) is 72.5 Å². The minimum absolute atomic E-state index is 0.0497. The summed E-state index contributed by atoms with van der Waals surface area (Å²) in [6.45, 7) is 4.90. The number of nitrogens with zero attached hydrogens (tertiary/aromatic N) is 4. The fraction of sp³-hybridized carbons (Fsp3) is 0.333. The molecule has 7 nitrogen and oxygen atoms in total. The second kappa shape index (κ2) is 7.93. The summed E-state index contributed by atoms with van der Waals surface area (Å²) in [4.78, 5) is 13.5. The fourth-order valence-corrected chi connectivity index (χ4v) is 3.88. The van der Waals surface area contributed by atoms with Crippen molar-refractivity contribution in [2.75, 3.05) is 18.5 Å². The smallest absolute Gasteiger partial charge is 0.235 e. The van der Waals surface area contributed by atoms with E-state index in [4.69, 9.17) is 16.3 Å². The number of ether oxygens (including phenoxy) is 1. The first kappa shape index (κ1) is 19.5. The molecule has 1 fully saturated rings. The lowest BCUT2D eigenvalue weighted by Crippen LogP contribution is -2.44. The van der Waals surface area contributed by atoms with E-state index < -0.39 is 5.41 Å². The molecular formula is C21H22ClN5O2. The normalized spacial score (nSPS) is 15.8. The van der Waals surface area contributed by atoms with Crippen molar-refractivity contribution in [3.8, 4) is 5.69 Å². The number of hydrogen-bond donors (Lipinski definition) is 1. The van der Waals surface area contributed by atoms with E-state index in [1.165, 1.54) is 0 Å². The predicted octanol–water partition coefficient (Wildman–Crippen LogP) is 3.62. The van der Waals surface area contributed by atoms with Crippen LogP contribution in [0.5, 0.6) is 0 Å². The molecule has 150 valence electrons. The van der Waals surface area contributed by atoms with Gasteiger partial charge in [-0.3, -0.25) is 4.79 Å². The van der Waals surface area contributed by atoms with Gasteiger partial charge < -0.3 is 10.1 Å². The maximum absolute atomic E-state index is 13.5. The van der Waals surface area contributed by atoms with E-state index in [0.717, 1.165) is 16.8 Å². The molecule has 1 aliphatic heterocycles. The number of carbonyl (C=O) groups excluding carboxylic acids is 1. The van der Waals surface area contributed by atoms with Crippen LogP contribution in [0.1, 0.15) is 29.8 Å². The zero-order chi connectivity index (χ0) is 20.4. The Hall–Kier alpha value is -2.77. The van der Waals surface area contributed by atoms with Crippen molar-refractivity contribution in [3.05, 3.63) is 64.4 Å². The molecule has 0 atom stereocenters. The molecule has 29 heavy (non-hydrogen) atoms. The predicted molar refractivity (Wildman–Crippen MR) is 110 cm³/mol. The zero-order valence-electron chi connectivity index (χ0n) is 16.4. The molecule has 3 aromatic rings. The first-order valence-electron chi connectivity index (χ1n) is 9.51. The molecule has 8 heteroatoms. The second-order valence-corrected chi connectivity index (χ2v) is 7.73. The minimum atomic E-state index is -0.654. The molecule has 0 bridgehead atoms. The van der Waals surface area contributed by atoms with Gasteiger partial charge in [-0.2, -0.15) is 4.68 Å². The number of hydrogen-bond acceptors (Lipinski definition) is 5. The quantitative estimate of drug-likeness (QED) is 0.709. The van der Waals surface area contributed by atoms with Gasteiger partial charge in [0.15, 0.2) is 5.82 Å². The van der Waals surface area contributed by atoms with Crippen LogP contribution in [0.3, 0.4) is 0 Å². The van der Waals surface area contributed by atoms with E-state index in [2.05, 4.69) is 20.8 Å². The molecule has 1 N–H and O–H groups in total. The minimum Gasteiger partial charge on any atom is -0.381 e. The largest absolute Gasteiger partial charge is 0.381 e. The van der Waals surface area contributed by atoms with Crippen molar-refractivity contribution in [1.29, 1.82) is 0 Å². The Morgan fingerprint density at radius 2 is 1.86 bits per heavy atom. The van der Waals surface area contributed by atoms with Gasteiger partial charge in [0.2, 0.25) is 5.91 Å². The van der Waals surface area contributed by atoms with Gasteiger partial charge >= 0.3 is 0 Å². The lowest BCUT2D eigenvalue weighted by Gasteiger charge is -2.36. The fourth-order valence-electron chi connectivity index (χ4n) is 3.76. The highest BCUT2D eigenvalue weighted by atomic mass is 35.5. The van der Waals surface area contributed by atoms with Crippen LogP contribution < -0.4 is 5.32 Å². The number of aryl methyl sites for hydroxylation is 2. The third kappa shape index (κ3) is 3.75. The molecule has 0 aliphatic carbocycles. The molecule has 1 aliphatic rings. The van der Waals surface area contributed by atoms with Crippen LogP contribution in [0.15, 0.2) is 42.5 Å². The first-order chi connectivity index (χ1) is 14.0. The summed E-state index contributed by atoms with van der Waals surface area (Å²) in [6, 6.07) is 13.2. The van der Waals surface area contributed by atoms with Crippen molar-refractivity contribution in [3.63, 3.8) is 0 Å². The first-order valence-corrected chi connectivity index (χ1v) is 9.89. The Bertz CT molecular complexity index is 1030. The lowest BCUT2D eigenvalue weighted by atomic mass is 9.73. The Balaban J connectivity index is 1.66. The van der Waals surface area contributed by atoms with Crippen molar-refractivity contribution < 1.29 is 9.53 Å². The summed E-state index contributed by atoms with van der Waals surface area (Å²) in [5.74, 6) is 0.630. The summed E-state index contributed by atoms with van der Waals surface area (Å²) in [7, 11) is 0. The number of aromatic nitrogens is 4. The number of benzene rings is 2. The summed E-state index contributed by atoms with van der Waals surface area (Å²) in [5.41, 5.74) is 2.84. The number of halogens is 1. The van der Waals surface area contributed by atoms with Crippen LogP contribution in [-0.2, 0) is 14.9 Å². The molecule has 0 radical (unpaired) electrons. The van der Waals surface area contributed by atoms with Gasteiger partial charge in [-0.25, -0.2) is 0 Å². The lowest BCUT2D eigenvalue weighted by molar-refractivity contribution is -0.125. The number of nitrogens with one attached hydrogen (secondary N) is 1. The molecule has 0 unspecified atom stereocenters. The average Bonchev–Trinajstić information content (AvgIpc) is 3.16. The van der Waals surface area contributed by atoms with Gasteiger partial charge in [0, 0.05) is 23.9 Å². The van der Waals surface area contributed by atoms with E-state index in [1.54, 1.807) is 4.68 Å². The third-order valence-electron chi connectivity index (χ3n) is 5.50. The summed E-state index contributed by atoms with van der Waals surface area (Å²) >= 11 is 6.06. The second-order valence-electron chi connectivity index (χ2n) is 7.29. The number of carbonyl (C=O) groups is 1. The highest BCUT2D eigenvalue weighted by molar-refractivity contribution is 6.30. The van der Waals surface area contributed by atoms with E-state index in [0.29, 0.717) is 42.6 Å². The van der Waals surface area contributed by atoms with Crippen molar-refractivity contribution in [2.24, 2.45) is 0 Å². The van der Waals surface area contributed by atoms with Gasteiger partial charge in [0.25, 0.3) is 0 Å². The van der Waals surface area contributed by atoms with Crippen LogP contribution >= 0.6 is 11.6 Å². The van der Waals surface area contributed by atoms with Gasteiger partial charge in [-0.15, -0.1) is 5.10 Å². The third-order valence-corrected chi connectivity index (χ3v) is 5.75. The average molecular weight is 412 g/mol. The zero-order valence-corrected chi connectivity index (χ0v) is 17.1. The highest BCUT2D eigenvalue weighted by Crippen LogP contribution is 2.37. The molecule has 0 spiro atoms. The Labute approximate surface area is 174 Å². The molecule has 4 rings (SSSR count). The molecule has 0 saturated carbocycles. The van der Waals surface area contributed by atoms with E-state index in [1.807, 2.05) is 56.3 Å². The molecule has 1 saturated heterocycles. The van der Waals surface area contributed by atoms with Crippen LogP contribution in [0.4, 0.5) is 5.69 Å². The Morgan fingerprint density at radius 3 is 2.52 bits per heavy atom. The molecular weight excluding hydrogens is 390 g/mol. The molecule has 2 heterocycles. The van der Waals surface area contributed by atoms with E-state index >= 15 is 0 Å². The molecule has 1 aromatic heterocycles. The van der Waals surface area contributed by atoms with Crippen molar-refractivity contribution in [1.82, 2.24) is 20.2 Å². The maximum Gasteiger partial charge on any atom is 0.235 e. The number of amides is 1. The molecule has 2 aromatic carbocycles. The van der Waals surface area contributed by atoms with Gasteiger partial charge in [0.05, 0.1) is 11.1 Å². The number of anilines is 1. The summed E-state index contributed by atoms with van der Waals surface area (Å²) < 4.78 is 7.20. The SMILES string of the molecule is Cc1ccc(NC(=O)C2(c3ccc(Cl)cc3)CCOCC2)cc1-n1nnnc1C. The van der Waals surface area contributed by atoms with Crippen LogP contribution in [0.25, 0.3) is 5.69 Å². The van der Waals surface area contributed by atoms with Crippen molar-refractivity contribution in [2.45, 2.75) is 32.1 Å². The summed E-state index contributed by atoms with van der Waals surface area (Å²) in [5, 5.41) is 15.5. The standard InChI is InChI=1S/C21H22ClN5O2/c1-14-3-8-18(13-19(14)27-15(2)24-25-26-27)23-20(28)21(9-11-29-12-10-21)16-4-6-17(22)7-5-16/h3-8,13H,9-12H2,1-2H3,(H,23,28). The van der Waals surface area contributed by atoms with E-state index in [9.17, 15) is 4.79 Å². The van der Waals surface area contributed by atoms with Crippen LogP contribution in [0.2, 0.25) is 5.02 Å². The number of rotatable bonds is 4. The highest BCUT2D eigenvalue weighted by Gasteiger charge is 2.41. The van der Waals surface area contributed by atoms with Gasteiger partial charge in [-0.1, -0.05) is 29.8 Å². The maximum atomic E-state index is 13.5. The van der Waals surface area contributed by atoms with Gasteiger partial charge in [0.1, 0.15) is 0 Å². The number of tetrazole rings is 1. The topological polar surface area (TPSA) is 81.9 Å². The van der Waals surface area contributed by atoms with Crippen LogP contribution in [-0.4, -0.2) is 39.3 Å². The summed E-state index contributed by atoms with van der Waals surface area (Å²) in [6.07, 6.45) is 1.23. The monoisotopic (exact) mass is 411 g/mol.